The van der Waals surface area contributed by atoms with Gasteiger partial charge < -0.3 is 5.32 Å². The van der Waals surface area contributed by atoms with Crippen LogP contribution in [-0.4, -0.2) is 9.97 Å². The number of hydrogen-bond donors (Lipinski definition) is 3. The van der Waals surface area contributed by atoms with Gasteiger partial charge in [-0.15, -0.1) is 0 Å². The first kappa shape index (κ1) is 14.1. The van der Waals surface area contributed by atoms with E-state index in [0.717, 1.165) is 11.6 Å². The molecule has 4 N–H and O–H groups in total. The maximum atomic E-state index is 12.7. The Bertz CT molecular complexity index is 612. The van der Waals surface area contributed by atoms with E-state index in [1.54, 1.807) is 12.1 Å². The lowest BCUT2D eigenvalue weighted by molar-refractivity contribution is -0.141. The van der Waals surface area contributed by atoms with Gasteiger partial charge in [0.25, 0.3) is 0 Å². The van der Waals surface area contributed by atoms with E-state index in [0.29, 0.717) is 5.69 Å². The number of rotatable bonds is 3. The van der Waals surface area contributed by atoms with Gasteiger partial charge in [-0.05, 0) is 18.6 Å². The summed E-state index contributed by atoms with van der Waals surface area (Å²) in [6.07, 6.45) is -4.57. The van der Waals surface area contributed by atoms with E-state index in [2.05, 4.69) is 15.3 Å². The second-order valence-electron chi connectivity index (χ2n) is 4.04. The lowest BCUT2D eigenvalue weighted by atomic mass is 10.2. The smallest absolute Gasteiger partial charge is 0.340 e. The standard InChI is InChI=1S/C12H12F3N5/c1-7-4-2-3-5-8(7)17-10-6-9(12(13,14)15)18-11(19-10)20-16/h2-6H,16H2,1H3,(H2,17,18,19,20). The molecule has 0 saturated heterocycles. The summed E-state index contributed by atoms with van der Waals surface area (Å²) in [4.78, 5) is 7.12. The van der Waals surface area contributed by atoms with Crippen LogP contribution in [0.3, 0.4) is 0 Å². The van der Waals surface area contributed by atoms with Crippen LogP contribution >= 0.6 is 0 Å². The molecule has 0 fully saturated rings. The molecule has 2 aromatic rings. The van der Waals surface area contributed by atoms with Gasteiger partial charge in [-0.25, -0.2) is 10.8 Å². The first-order chi connectivity index (χ1) is 9.40. The molecule has 1 aromatic heterocycles. The van der Waals surface area contributed by atoms with E-state index in [1.807, 2.05) is 24.5 Å². The van der Waals surface area contributed by atoms with Crippen molar-refractivity contribution in [2.45, 2.75) is 13.1 Å². The summed E-state index contributed by atoms with van der Waals surface area (Å²) in [6, 6.07) is 7.99. The summed E-state index contributed by atoms with van der Waals surface area (Å²) in [5, 5.41) is 2.81. The lowest BCUT2D eigenvalue weighted by Gasteiger charge is -2.12. The Morgan fingerprint density at radius 1 is 1.15 bits per heavy atom. The maximum Gasteiger partial charge on any atom is 0.433 e. The van der Waals surface area contributed by atoms with Crippen molar-refractivity contribution >= 4 is 17.5 Å². The van der Waals surface area contributed by atoms with Crippen LogP contribution in [-0.2, 0) is 6.18 Å². The van der Waals surface area contributed by atoms with Crippen molar-refractivity contribution in [2.24, 2.45) is 5.84 Å². The predicted octanol–water partition coefficient (Wildman–Crippen LogP) is 2.83. The molecule has 0 saturated carbocycles. The first-order valence-electron chi connectivity index (χ1n) is 5.65. The molecule has 1 aromatic carbocycles. The number of alkyl halides is 3. The van der Waals surface area contributed by atoms with Crippen LogP contribution in [0.2, 0.25) is 0 Å². The Balaban J connectivity index is 2.39. The minimum atomic E-state index is -4.57. The number of hydrogen-bond acceptors (Lipinski definition) is 5. The van der Waals surface area contributed by atoms with Crippen LogP contribution in [0.1, 0.15) is 11.3 Å². The van der Waals surface area contributed by atoms with E-state index >= 15 is 0 Å². The predicted molar refractivity (Wildman–Crippen MR) is 69.3 cm³/mol. The van der Waals surface area contributed by atoms with Gasteiger partial charge in [0.15, 0.2) is 5.69 Å². The molecule has 0 radical (unpaired) electrons. The maximum absolute atomic E-state index is 12.7. The zero-order valence-corrected chi connectivity index (χ0v) is 10.5. The summed E-state index contributed by atoms with van der Waals surface area (Å²) in [5.41, 5.74) is 2.48. The van der Waals surface area contributed by atoms with Crippen molar-refractivity contribution < 1.29 is 13.2 Å². The number of aromatic nitrogens is 2. The SMILES string of the molecule is Cc1ccccc1Nc1cc(C(F)(F)F)nc(NN)n1. The number of halogens is 3. The lowest BCUT2D eigenvalue weighted by Crippen LogP contribution is -2.16. The highest BCUT2D eigenvalue weighted by atomic mass is 19.4. The number of aryl methyl sites for hydroxylation is 1. The monoisotopic (exact) mass is 283 g/mol. The first-order valence-corrected chi connectivity index (χ1v) is 5.65. The molecule has 0 spiro atoms. The van der Waals surface area contributed by atoms with Gasteiger partial charge in [0.2, 0.25) is 5.95 Å². The molecule has 20 heavy (non-hydrogen) atoms. The summed E-state index contributed by atoms with van der Waals surface area (Å²) in [5.74, 6) is 4.78. The Kier molecular flexibility index (Phi) is 3.75. The van der Waals surface area contributed by atoms with Crippen molar-refractivity contribution in [3.8, 4) is 0 Å². The zero-order chi connectivity index (χ0) is 14.8. The van der Waals surface area contributed by atoms with Gasteiger partial charge in [-0.1, -0.05) is 18.2 Å². The van der Waals surface area contributed by atoms with E-state index in [1.165, 1.54) is 0 Å². The molecule has 0 atom stereocenters. The molecule has 106 valence electrons. The Morgan fingerprint density at radius 3 is 2.45 bits per heavy atom. The summed E-state index contributed by atoms with van der Waals surface area (Å²) in [6.45, 7) is 1.83. The fourth-order valence-electron chi connectivity index (χ4n) is 1.57. The minimum Gasteiger partial charge on any atom is -0.340 e. The number of para-hydroxylation sites is 1. The summed E-state index contributed by atoms with van der Waals surface area (Å²) < 4.78 is 38.1. The normalized spacial score (nSPS) is 11.2. The van der Waals surface area contributed by atoms with Gasteiger partial charge in [0, 0.05) is 11.8 Å². The van der Waals surface area contributed by atoms with E-state index < -0.39 is 11.9 Å². The average Bonchev–Trinajstić information content (AvgIpc) is 2.40. The molecule has 5 nitrogen and oxygen atoms in total. The molecule has 0 amide bonds. The van der Waals surface area contributed by atoms with E-state index in [9.17, 15) is 13.2 Å². The van der Waals surface area contributed by atoms with Gasteiger partial charge in [-0.3, -0.25) is 5.43 Å². The van der Waals surface area contributed by atoms with Crippen LogP contribution < -0.4 is 16.6 Å². The molecular weight excluding hydrogens is 271 g/mol. The van der Waals surface area contributed by atoms with Gasteiger partial charge >= 0.3 is 6.18 Å². The van der Waals surface area contributed by atoms with Crippen LogP contribution in [0.4, 0.5) is 30.6 Å². The number of nitrogens with two attached hydrogens (primary N) is 1. The number of nitrogen functional groups attached to an aromatic ring is 1. The van der Waals surface area contributed by atoms with Crippen molar-refractivity contribution in [1.82, 2.24) is 9.97 Å². The topological polar surface area (TPSA) is 75.9 Å². The van der Waals surface area contributed by atoms with Crippen LogP contribution in [0.15, 0.2) is 30.3 Å². The highest BCUT2D eigenvalue weighted by Crippen LogP contribution is 2.30. The molecule has 1 heterocycles. The molecule has 0 aliphatic carbocycles. The number of nitrogens with zero attached hydrogens (tertiary/aromatic N) is 2. The van der Waals surface area contributed by atoms with E-state index in [-0.39, 0.29) is 11.8 Å². The molecule has 2 rings (SSSR count). The molecule has 0 unspecified atom stereocenters. The van der Waals surface area contributed by atoms with Crippen molar-refractivity contribution in [2.75, 3.05) is 10.7 Å². The molecule has 0 aliphatic heterocycles. The van der Waals surface area contributed by atoms with Gasteiger partial charge in [0.05, 0.1) is 0 Å². The highest BCUT2D eigenvalue weighted by molar-refractivity contribution is 5.61. The third-order valence-electron chi connectivity index (χ3n) is 2.55. The van der Waals surface area contributed by atoms with Crippen molar-refractivity contribution in [3.63, 3.8) is 0 Å². The van der Waals surface area contributed by atoms with E-state index in [4.69, 9.17) is 5.84 Å². The molecule has 0 aliphatic rings. The second-order valence-corrected chi connectivity index (χ2v) is 4.04. The highest BCUT2D eigenvalue weighted by Gasteiger charge is 2.33. The fourth-order valence-corrected chi connectivity index (χ4v) is 1.57. The number of nitrogens with one attached hydrogen (secondary N) is 2. The largest absolute Gasteiger partial charge is 0.433 e. The van der Waals surface area contributed by atoms with Crippen LogP contribution in [0.25, 0.3) is 0 Å². The minimum absolute atomic E-state index is 0.00887. The Morgan fingerprint density at radius 2 is 1.85 bits per heavy atom. The van der Waals surface area contributed by atoms with Crippen LogP contribution in [0, 0.1) is 6.92 Å². The second kappa shape index (κ2) is 5.33. The fraction of sp³-hybridized carbons (Fsp3) is 0.167. The molecular formula is C12H12F3N5. The Labute approximate surface area is 113 Å². The molecule has 8 heteroatoms. The number of hydrazine groups is 1. The van der Waals surface area contributed by atoms with Gasteiger partial charge in [0.1, 0.15) is 5.82 Å². The number of benzene rings is 1. The average molecular weight is 283 g/mol. The number of anilines is 3. The van der Waals surface area contributed by atoms with Crippen molar-refractivity contribution in [3.05, 3.63) is 41.6 Å². The summed E-state index contributed by atoms with van der Waals surface area (Å²) >= 11 is 0. The quantitative estimate of drug-likeness (QED) is 0.596. The third-order valence-corrected chi connectivity index (χ3v) is 2.55. The third kappa shape index (κ3) is 3.15. The van der Waals surface area contributed by atoms with Gasteiger partial charge in [-0.2, -0.15) is 18.2 Å². The van der Waals surface area contributed by atoms with Crippen LogP contribution in [0.5, 0.6) is 0 Å². The summed E-state index contributed by atoms with van der Waals surface area (Å²) in [7, 11) is 0. The zero-order valence-electron chi connectivity index (χ0n) is 10.5. The van der Waals surface area contributed by atoms with Crippen molar-refractivity contribution in [1.29, 1.82) is 0 Å². The Hall–Kier alpha value is -2.35. The molecule has 0 bridgehead atoms.